The molecule has 1 aliphatic rings. The molecule has 0 N–H and O–H groups in total. The van der Waals surface area contributed by atoms with Crippen LogP contribution < -0.4 is 14.2 Å². The molecule has 1 aliphatic heterocycles. The van der Waals surface area contributed by atoms with Gasteiger partial charge in [0, 0.05) is 30.8 Å². The Morgan fingerprint density at radius 1 is 1.03 bits per heavy atom. The smallest absolute Gasteiger partial charge is 0.343 e. The number of rotatable bonds is 6. The van der Waals surface area contributed by atoms with Crippen LogP contribution in [0.2, 0.25) is 0 Å². The molecule has 8 heteroatoms. The number of aromatic nitrogens is 1. The lowest BCUT2D eigenvalue weighted by Crippen LogP contribution is -2.11. The van der Waals surface area contributed by atoms with Gasteiger partial charge in [0.1, 0.15) is 12.4 Å². The summed E-state index contributed by atoms with van der Waals surface area (Å²) in [5, 5.41) is 0.647. The zero-order valence-electron chi connectivity index (χ0n) is 16.9. The molecule has 156 valence electrons. The summed E-state index contributed by atoms with van der Waals surface area (Å²) in [4.78, 5) is 25.2. The predicted molar refractivity (Wildman–Crippen MR) is 107 cm³/mol. The highest BCUT2D eigenvalue weighted by Crippen LogP contribution is 2.33. The minimum absolute atomic E-state index is 0.126. The summed E-state index contributed by atoms with van der Waals surface area (Å²) in [6.45, 7) is 2.43. The van der Waals surface area contributed by atoms with E-state index in [4.69, 9.17) is 23.7 Å². The molecule has 0 saturated carbocycles. The molecule has 0 fully saturated rings. The average Bonchev–Trinajstić information content (AvgIpc) is 3.30. The second-order valence-electron chi connectivity index (χ2n) is 6.78. The maximum Gasteiger partial charge on any atom is 0.343 e. The number of ether oxygens (including phenoxy) is 5. The lowest BCUT2D eigenvalue weighted by atomic mass is 10.1. The number of carbonyl (C=O) groups is 2. The van der Waals surface area contributed by atoms with E-state index in [1.165, 1.54) is 7.11 Å². The standard InChI is InChI=1S/C22H21NO7/c1-13-20(22(25)27-9-8-26-3)16-11-15(5-6-17(16)23(13)2)30-21(24)14-4-7-18-19(10-14)29-12-28-18/h4-7,10-11H,8-9,12H2,1-3H3. The Bertz CT molecular complexity index is 1130. The highest BCUT2D eigenvalue weighted by molar-refractivity contribution is 6.06. The molecule has 3 aromatic rings. The molecular weight excluding hydrogens is 390 g/mol. The van der Waals surface area contributed by atoms with Crippen molar-refractivity contribution < 1.29 is 33.3 Å². The summed E-state index contributed by atoms with van der Waals surface area (Å²) in [7, 11) is 3.40. The van der Waals surface area contributed by atoms with Gasteiger partial charge in [0.05, 0.1) is 17.7 Å². The summed E-state index contributed by atoms with van der Waals surface area (Å²) < 4.78 is 28.2. The second kappa shape index (κ2) is 8.08. The molecule has 0 saturated heterocycles. The van der Waals surface area contributed by atoms with Gasteiger partial charge >= 0.3 is 11.9 Å². The third-order valence-electron chi connectivity index (χ3n) is 5.01. The zero-order valence-corrected chi connectivity index (χ0v) is 16.9. The van der Waals surface area contributed by atoms with Gasteiger partial charge in [0.15, 0.2) is 11.5 Å². The van der Waals surface area contributed by atoms with Gasteiger partial charge in [-0.25, -0.2) is 9.59 Å². The Labute approximate surface area is 172 Å². The number of hydrogen-bond acceptors (Lipinski definition) is 7. The van der Waals surface area contributed by atoms with Gasteiger partial charge in [-0.1, -0.05) is 0 Å². The molecule has 0 spiro atoms. The first kappa shape index (κ1) is 19.8. The highest BCUT2D eigenvalue weighted by Gasteiger charge is 2.22. The molecule has 0 aliphatic carbocycles. The Morgan fingerprint density at radius 2 is 1.83 bits per heavy atom. The van der Waals surface area contributed by atoms with Gasteiger partial charge in [-0.2, -0.15) is 0 Å². The topological polar surface area (TPSA) is 85.2 Å². The fraction of sp³-hybridized carbons (Fsp3) is 0.273. The van der Waals surface area contributed by atoms with Crippen LogP contribution >= 0.6 is 0 Å². The van der Waals surface area contributed by atoms with Crippen LogP contribution in [0.4, 0.5) is 0 Å². The largest absolute Gasteiger partial charge is 0.460 e. The SMILES string of the molecule is COCCOC(=O)c1c(C)n(C)c2ccc(OC(=O)c3ccc4c(c3)OCO4)cc12. The first-order valence-electron chi connectivity index (χ1n) is 9.36. The lowest BCUT2D eigenvalue weighted by molar-refractivity contribution is 0.0389. The van der Waals surface area contributed by atoms with Crippen molar-refractivity contribution in [1.82, 2.24) is 4.57 Å². The van der Waals surface area contributed by atoms with Crippen LogP contribution in [-0.4, -0.2) is 43.6 Å². The molecule has 30 heavy (non-hydrogen) atoms. The van der Waals surface area contributed by atoms with Crippen LogP contribution in [0.15, 0.2) is 36.4 Å². The molecule has 1 aromatic heterocycles. The van der Waals surface area contributed by atoms with E-state index in [9.17, 15) is 9.59 Å². The van der Waals surface area contributed by atoms with Crippen LogP contribution in [0.5, 0.6) is 17.2 Å². The van der Waals surface area contributed by atoms with Crippen LogP contribution in [0.3, 0.4) is 0 Å². The van der Waals surface area contributed by atoms with Crippen molar-refractivity contribution in [2.45, 2.75) is 6.92 Å². The van der Waals surface area contributed by atoms with Crippen molar-refractivity contribution >= 4 is 22.8 Å². The average molecular weight is 411 g/mol. The first-order valence-corrected chi connectivity index (χ1v) is 9.36. The Hall–Kier alpha value is -3.52. The van der Waals surface area contributed by atoms with Gasteiger partial charge in [-0.3, -0.25) is 0 Å². The van der Waals surface area contributed by atoms with E-state index >= 15 is 0 Å². The van der Waals surface area contributed by atoms with E-state index < -0.39 is 11.9 Å². The Kier molecular flexibility index (Phi) is 5.33. The van der Waals surface area contributed by atoms with Crippen molar-refractivity contribution in [2.75, 3.05) is 27.1 Å². The summed E-state index contributed by atoms with van der Waals surface area (Å²) in [6, 6.07) is 10.0. The molecule has 8 nitrogen and oxygen atoms in total. The van der Waals surface area contributed by atoms with Gasteiger partial charge in [-0.05, 0) is 43.3 Å². The number of methoxy groups -OCH3 is 1. The van der Waals surface area contributed by atoms with Gasteiger partial charge in [-0.15, -0.1) is 0 Å². The number of esters is 2. The summed E-state index contributed by atoms with van der Waals surface area (Å²) in [5.74, 6) is 0.421. The van der Waals surface area contributed by atoms with E-state index in [0.29, 0.717) is 40.4 Å². The van der Waals surface area contributed by atoms with Gasteiger partial charge in [0.2, 0.25) is 6.79 Å². The third-order valence-corrected chi connectivity index (χ3v) is 5.01. The maximum atomic E-state index is 12.6. The van der Waals surface area contributed by atoms with Crippen LogP contribution in [0.25, 0.3) is 10.9 Å². The fourth-order valence-corrected chi connectivity index (χ4v) is 3.35. The number of aryl methyl sites for hydroxylation is 1. The Balaban J connectivity index is 1.61. The van der Waals surface area contributed by atoms with Crippen LogP contribution in [0.1, 0.15) is 26.4 Å². The fourth-order valence-electron chi connectivity index (χ4n) is 3.35. The number of carbonyl (C=O) groups excluding carboxylic acids is 2. The van der Waals surface area contributed by atoms with E-state index in [1.807, 2.05) is 18.5 Å². The number of benzene rings is 2. The molecule has 0 bridgehead atoms. The molecule has 0 amide bonds. The van der Waals surface area contributed by atoms with Gasteiger partial charge < -0.3 is 28.3 Å². The molecular formula is C22H21NO7. The minimum atomic E-state index is -0.537. The van der Waals surface area contributed by atoms with Crippen molar-refractivity contribution in [3.05, 3.63) is 53.2 Å². The van der Waals surface area contributed by atoms with E-state index in [1.54, 1.807) is 36.4 Å². The number of fused-ring (bicyclic) bond motifs is 2. The lowest BCUT2D eigenvalue weighted by Gasteiger charge is -2.07. The molecule has 4 rings (SSSR count). The van der Waals surface area contributed by atoms with Crippen molar-refractivity contribution in [1.29, 1.82) is 0 Å². The molecule has 0 unspecified atom stereocenters. The molecule has 2 aromatic carbocycles. The van der Waals surface area contributed by atoms with Crippen molar-refractivity contribution in [3.63, 3.8) is 0 Å². The number of nitrogens with zero attached hydrogens (tertiary/aromatic N) is 1. The van der Waals surface area contributed by atoms with Crippen molar-refractivity contribution in [2.24, 2.45) is 7.05 Å². The summed E-state index contributed by atoms with van der Waals surface area (Å²) in [5.41, 5.74) is 2.35. The molecule has 2 heterocycles. The molecule has 0 radical (unpaired) electrons. The highest BCUT2D eigenvalue weighted by atomic mass is 16.7. The first-order chi connectivity index (χ1) is 14.5. The van der Waals surface area contributed by atoms with Crippen LogP contribution in [-0.2, 0) is 16.5 Å². The second-order valence-corrected chi connectivity index (χ2v) is 6.78. The maximum absolute atomic E-state index is 12.6. The summed E-state index contributed by atoms with van der Waals surface area (Å²) >= 11 is 0. The van der Waals surface area contributed by atoms with E-state index in [-0.39, 0.29) is 13.4 Å². The van der Waals surface area contributed by atoms with Gasteiger partial charge in [0.25, 0.3) is 0 Å². The quantitative estimate of drug-likeness (QED) is 0.350. The Morgan fingerprint density at radius 3 is 2.63 bits per heavy atom. The van der Waals surface area contributed by atoms with E-state index in [0.717, 1.165) is 11.2 Å². The zero-order chi connectivity index (χ0) is 21.3. The third kappa shape index (κ3) is 3.57. The predicted octanol–water partition coefficient (Wildman–Crippen LogP) is 3.24. The van der Waals surface area contributed by atoms with Crippen molar-refractivity contribution in [3.8, 4) is 17.2 Å². The number of hydrogen-bond donors (Lipinski definition) is 0. The summed E-state index contributed by atoms with van der Waals surface area (Å²) in [6.07, 6.45) is 0. The minimum Gasteiger partial charge on any atom is -0.460 e. The van der Waals surface area contributed by atoms with Crippen LogP contribution in [0, 0.1) is 6.92 Å². The van der Waals surface area contributed by atoms with E-state index in [2.05, 4.69) is 0 Å². The molecule has 0 atom stereocenters. The monoisotopic (exact) mass is 411 g/mol. The normalized spacial score (nSPS) is 12.2.